The van der Waals surface area contributed by atoms with Crippen LogP contribution in [0.25, 0.3) is 0 Å². The molecule has 0 unspecified atom stereocenters. The number of rotatable bonds is 3. The molecule has 1 aromatic rings. The smallest absolute Gasteiger partial charge is 0.226 e. The zero-order valence-electron chi connectivity index (χ0n) is 13.0. The summed E-state index contributed by atoms with van der Waals surface area (Å²) in [7, 11) is 3.90. The van der Waals surface area contributed by atoms with Gasteiger partial charge in [-0.15, -0.1) is 0 Å². The van der Waals surface area contributed by atoms with Crippen LogP contribution in [0.2, 0.25) is 0 Å². The molecule has 1 fully saturated rings. The van der Waals surface area contributed by atoms with Crippen molar-refractivity contribution in [2.75, 3.05) is 37.4 Å². The van der Waals surface area contributed by atoms with E-state index >= 15 is 0 Å². The quantitative estimate of drug-likeness (QED) is 0.874. The summed E-state index contributed by atoms with van der Waals surface area (Å²) in [5.41, 5.74) is 0.989. The third-order valence-electron chi connectivity index (χ3n) is 2.38. The minimum Gasteiger partial charge on any atom is -0.365 e. The molecule has 0 spiro atoms. The topological polar surface area (TPSA) is 53.1 Å². The molecule has 1 aromatic heterocycles. The first-order chi connectivity index (χ1) is 8.88. The molecular weight excluding hydrogens is 238 g/mol. The molecule has 2 N–H and O–H groups in total. The van der Waals surface area contributed by atoms with Crippen LogP contribution >= 0.6 is 0 Å². The highest BCUT2D eigenvalue weighted by Crippen LogP contribution is 2.13. The average Bonchev–Trinajstić information content (AvgIpc) is 2.22. The number of hydrogen-bond donors (Lipinski definition) is 2. The molecule has 2 heterocycles. The molecule has 0 aliphatic carbocycles. The Labute approximate surface area is 116 Å². The summed E-state index contributed by atoms with van der Waals surface area (Å²) in [4.78, 5) is 10.7. The van der Waals surface area contributed by atoms with Crippen LogP contribution in [0.5, 0.6) is 0 Å². The normalized spacial score (nSPS) is 14.5. The van der Waals surface area contributed by atoms with Gasteiger partial charge in [0.1, 0.15) is 5.82 Å². The molecule has 19 heavy (non-hydrogen) atoms. The van der Waals surface area contributed by atoms with E-state index in [4.69, 9.17) is 0 Å². The minimum atomic E-state index is 0.509. The predicted octanol–water partition coefficient (Wildman–Crippen LogP) is 1.90. The summed E-state index contributed by atoms with van der Waals surface area (Å²) in [6.45, 7) is 10.5. The monoisotopic (exact) mass is 265 g/mol. The lowest BCUT2D eigenvalue weighted by Crippen LogP contribution is -2.51. The standard InChI is InChI=1S/C10H17N5.C4H10/c1-7-4-9(13-8-5-11-6-8)14-10(12-7)15(2)3;1-4(2)3/h4,8,11H,5-6H2,1-3H3,(H,12,13,14);4H,1-3H3. The lowest BCUT2D eigenvalue weighted by molar-refractivity contribution is 0.471. The largest absolute Gasteiger partial charge is 0.365 e. The summed E-state index contributed by atoms with van der Waals surface area (Å²) in [5.74, 6) is 2.50. The van der Waals surface area contributed by atoms with Crippen LogP contribution < -0.4 is 15.5 Å². The van der Waals surface area contributed by atoms with Crippen molar-refractivity contribution >= 4 is 11.8 Å². The SMILES string of the molecule is CC(C)C.Cc1cc(NC2CNC2)nc(N(C)C)n1. The fraction of sp³-hybridized carbons (Fsp3) is 0.714. The van der Waals surface area contributed by atoms with Crippen molar-refractivity contribution in [3.8, 4) is 0 Å². The van der Waals surface area contributed by atoms with E-state index in [9.17, 15) is 0 Å². The van der Waals surface area contributed by atoms with E-state index in [1.54, 1.807) is 0 Å². The van der Waals surface area contributed by atoms with Crippen molar-refractivity contribution in [2.45, 2.75) is 33.7 Å². The fourth-order valence-electron chi connectivity index (χ4n) is 1.43. The lowest BCUT2D eigenvalue weighted by atomic mass is 10.2. The van der Waals surface area contributed by atoms with E-state index in [0.717, 1.165) is 36.5 Å². The molecule has 0 radical (unpaired) electrons. The Morgan fingerprint density at radius 1 is 1.26 bits per heavy atom. The molecular formula is C14H27N5. The molecule has 1 aliphatic heterocycles. The van der Waals surface area contributed by atoms with Crippen molar-refractivity contribution in [3.05, 3.63) is 11.8 Å². The molecule has 0 atom stereocenters. The van der Waals surface area contributed by atoms with Gasteiger partial charge in [-0.1, -0.05) is 20.8 Å². The van der Waals surface area contributed by atoms with E-state index in [1.165, 1.54) is 0 Å². The van der Waals surface area contributed by atoms with Gasteiger partial charge in [-0.3, -0.25) is 0 Å². The second-order valence-electron chi connectivity index (χ2n) is 5.82. The first kappa shape index (κ1) is 15.7. The molecule has 0 aromatic carbocycles. The van der Waals surface area contributed by atoms with Gasteiger partial charge < -0.3 is 15.5 Å². The molecule has 2 rings (SSSR count). The van der Waals surface area contributed by atoms with Crippen LogP contribution in [0.3, 0.4) is 0 Å². The van der Waals surface area contributed by atoms with Crippen LogP contribution in [-0.4, -0.2) is 43.2 Å². The zero-order valence-corrected chi connectivity index (χ0v) is 13.0. The molecule has 5 nitrogen and oxygen atoms in total. The summed E-state index contributed by atoms with van der Waals surface area (Å²) >= 11 is 0. The van der Waals surface area contributed by atoms with Gasteiger partial charge in [0.25, 0.3) is 0 Å². The maximum absolute atomic E-state index is 4.43. The van der Waals surface area contributed by atoms with E-state index in [0.29, 0.717) is 6.04 Å². The first-order valence-electron chi connectivity index (χ1n) is 6.88. The third-order valence-corrected chi connectivity index (χ3v) is 2.38. The van der Waals surface area contributed by atoms with Gasteiger partial charge in [-0.25, -0.2) is 4.98 Å². The summed E-state index contributed by atoms with van der Waals surface area (Å²) in [6, 6.07) is 2.49. The van der Waals surface area contributed by atoms with E-state index in [-0.39, 0.29) is 0 Å². The van der Waals surface area contributed by atoms with Gasteiger partial charge in [0, 0.05) is 38.9 Å². The molecule has 0 bridgehead atoms. The van der Waals surface area contributed by atoms with Crippen molar-refractivity contribution in [3.63, 3.8) is 0 Å². The number of hydrogen-bond acceptors (Lipinski definition) is 5. The van der Waals surface area contributed by atoms with Crippen molar-refractivity contribution < 1.29 is 0 Å². The number of anilines is 2. The van der Waals surface area contributed by atoms with Crippen LogP contribution in [0, 0.1) is 12.8 Å². The highest BCUT2D eigenvalue weighted by molar-refractivity contribution is 5.44. The Bertz CT molecular complexity index is 383. The predicted molar refractivity (Wildman–Crippen MR) is 81.9 cm³/mol. The average molecular weight is 265 g/mol. The van der Waals surface area contributed by atoms with Gasteiger partial charge in [0.05, 0.1) is 6.04 Å². The van der Waals surface area contributed by atoms with Crippen LogP contribution in [0.1, 0.15) is 26.5 Å². The second kappa shape index (κ2) is 7.28. The zero-order chi connectivity index (χ0) is 14.4. The minimum absolute atomic E-state index is 0.509. The number of aromatic nitrogens is 2. The Kier molecular flexibility index (Phi) is 6.02. The van der Waals surface area contributed by atoms with Crippen molar-refractivity contribution in [1.29, 1.82) is 0 Å². The van der Waals surface area contributed by atoms with Gasteiger partial charge in [0.15, 0.2) is 0 Å². The van der Waals surface area contributed by atoms with Gasteiger partial charge >= 0.3 is 0 Å². The first-order valence-corrected chi connectivity index (χ1v) is 6.88. The van der Waals surface area contributed by atoms with Gasteiger partial charge in [-0.2, -0.15) is 4.98 Å². The van der Waals surface area contributed by atoms with Gasteiger partial charge in [0.2, 0.25) is 5.95 Å². The van der Waals surface area contributed by atoms with Crippen LogP contribution in [-0.2, 0) is 0 Å². The lowest BCUT2D eigenvalue weighted by Gasteiger charge is -2.28. The molecule has 0 saturated carbocycles. The number of nitrogens with one attached hydrogen (secondary N) is 2. The molecule has 5 heteroatoms. The van der Waals surface area contributed by atoms with Crippen molar-refractivity contribution in [1.82, 2.24) is 15.3 Å². The van der Waals surface area contributed by atoms with Crippen LogP contribution in [0.15, 0.2) is 6.07 Å². The van der Waals surface area contributed by atoms with E-state index in [2.05, 4.69) is 41.4 Å². The van der Waals surface area contributed by atoms with Crippen LogP contribution in [0.4, 0.5) is 11.8 Å². The number of aryl methyl sites for hydroxylation is 1. The Balaban J connectivity index is 0.000000399. The third kappa shape index (κ3) is 5.87. The molecule has 1 saturated heterocycles. The fourth-order valence-corrected chi connectivity index (χ4v) is 1.43. The van der Waals surface area contributed by atoms with E-state index < -0.39 is 0 Å². The number of nitrogens with zero attached hydrogens (tertiary/aromatic N) is 3. The summed E-state index contributed by atoms with van der Waals surface area (Å²) in [5, 5.41) is 6.59. The maximum atomic E-state index is 4.43. The molecule has 108 valence electrons. The Morgan fingerprint density at radius 3 is 2.26 bits per heavy atom. The Hall–Kier alpha value is -1.36. The highest BCUT2D eigenvalue weighted by Gasteiger charge is 2.17. The molecule has 0 amide bonds. The second-order valence-corrected chi connectivity index (χ2v) is 5.82. The van der Waals surface area contributed by atoms with Gasteiger partial charge in [-0.05, 0) is 12.8 Å². The molecule has 1 aliphatic rings. The summed E-state index contributed by atoms with van der Waals surface area (Å²) < 4.78 is 0. The maximum Gasteiger partial charge on any atom is 0.226 e. The van der Waals surface area contributed by atoms with Crippen molar-refractivity contribution in [2.24, 2.45) is 5.92 Å². The van der Waals surface area contributed by atoms with E-state index in [1.807, 2.05) is 32.0 Å². The highest BCUT2D eigenvalue weighted by atomic mass is 15.2. The Morgan fingerprint density at radius 2 is 1.84 bits per heavy atom. The summed E-state index contributed by atoms with van der Waals surface area (Å²) in [6.07, 6.45) is 0.